The first-order valence-electron chi connectivity index (χ1n) is 13.7. The van der Waals surface area contributed by atoms with E-state index in [1.165, 1.54) is 12.1 Å². The van der Waals surface area contributed by atoms with E-state index >= 15 is 0 Å². The van der Waals surface area contributed by atoms with Crippen molar-refractivity contribution in [2.75, 3.05) is 12.3 Å². The third kappa shape index (κ3) is 7.98. The number of hydrogen-bond acceptors (Lipinski definition) is 7. The zero-order valence-corrected chi connectivity index (χ0v) is 25.4. The molecule has 0 saturated heterocycles. The second-order valence-corrected chi connectivity index (χ2v) is 12.4. The Kier molecular flexibility index (Phi) is 9.70. The highest BCUT2D eigenvalue weighted by atomic mass is 32.2. The standard InChI is InChI=1S/C32H37N5O4S/c1-21-10-8-11-22(2)29(21)27-17-28(36-31(33)35-27)41-20-25(18-32(3,4)5)37(19-24-13-6-7-15-34-24)30(38)23-12-9-14-26(16-23)42(39)40/h6-17,25H,18-20H2,1-5H3,(H,39,40)(H2,33,35,36)/t25-/m1/s1. The monoisotopic (exact) mass is 587 g/mol. The second kappa shape index (κ2) is 13.2. The number of nitrogens with zero attached hydrogens (tertiary/aromatic N) is 4. The SMILES string of the molecule is Cc1cccc(C)c1-c1cc(OC[C@@H](CC(C)(C)C)N(Cc2ccccn2)C(=O)c2cccc(S(=O)O)c2)nc(N)n1. The maximum absolute atomic E-state index is 14.0. The number of pyridine rings is 1. The van der Waals surface area contributed by atoms with E-state index in [4.69, 9.17) is 10.5 Å². The van der Waals surface area contributed by atoms with Crippen LogP contribution in [-0.2, 0) is 17.6 Å². The van der Waals surface area contributed by atoms with Gasteiger partial charge in [0.05, 0.1) is 28.9 Å². The van der Waals surface area contributed by atoms with Crippen molar-refractivity contribution < 1.29 is 18.3 Å². The van der Waals surface area contributed by atoms with E-state index in [2.05, 4.69) is 35.7 Å². The number of carbonyl (C=O) groups excluding carboxylic acids is 1. The van der Waals surface area contributed by atoms with Gasteiger partial charge in [-0.05, 0) is 67.1 Å². The number of nitrogens with two attached hydrogens (primary N) is 1. The third-order valence-corrected chi connectivity index (χ3v) is 7.43. The number of anilines is 1. The van der Waals surface area contributed by atoms with Crippen molar-refractivity contribution in [2.24, 2.45) is 5.41 Å². The van der Waals surface area contributed by atoms with Crippen LogP contribution in [0.3, 0.4) is 0 Å². The van der Waals surface area contributed by atoms with Crippen LogP contribution in [0.4, 0.5) is 5.95 Å². The molecule has 0 fully saturated rings. The molecule has 1 unspecified atom stereocenters. The normalized spacial score (nSPS) is 12.9. The molecule has 42 heavy (non-hydrogen) atoms. The Morgan fingerprint density at radius 3 is 2.38 bits per heavy atom. The summed E-state index contributed by atoms with van der Waals surface area (Å²) in [5.74, 6) is 0.0963. The summed E-state index contributed by atoms with van der Waals surface area (Å²) in [6.45, 7) is 10.7. The third-order valence-electron chi connectivity index (χ3n) is 6.77. The maximum Gasteiger partial charge on any atom is 0.254 e. The van der Waals surface area contributed by atoms with Crippen LogP contribution in [0.25, 0.3) is 11.3 Å². The van der Waals surface area contributed by atoms with Gasteiger partial charge in [0.15, 0.2) is 11.1 Å². The average Bonchev–Trinajstić information content (AvgIpc) is 2.93. The minimum absolute atomic E-state index is 0.0905. The Morgan fingerprint density at radius 1 is 1.02 bits per heavy atom. The van der Waals surface area contributed by atoms with Gasteiger partial charge in [-0.15, -0.1) is 0 Å². The molecule has 10 heteroatoms. The van der Waals surface area contributed by atoms with Crippen molar-refractivity contribution in [3.05, 3.63) is 95.3 Å². The van der Waals surface area contributed by atoms with Crippen LogP contribution in [0.5, 0.6) is 5.88 Å². The summed E-state index contributed by atoms with van der Waals surface area (Å²) in [4.78, 5) is 29.2. The van der Waals surface area contributed by atoms with Gasteiger partial charge in [0, 0.05) is 23.4 Å². The second-order valence-electron chi connectivity index (χ2n) is 11.5. The summed E-state index contributed by atoms with van der Waals surface area (Å²) in [6.07, 6.45) is 2.28. The molecule has 9 nitrogen and oxygen atoms in total. The Morgan fingerprint density at radius 2 is 1.74 bits per heavy atom. The first-order chi connectivity index (χ1) is 19.9. The molecule has 3 N–H and O–H groups in total. The van der Waals surface area contributed by atoms with Crippen LogP contribution in [0.1, 0.15) is 54.4 Å². The van der Waals surface area contributed by atoms with Gasteiger partial charge < -0.3 is 19.9 Å². The van der Waals surface area contributed by atoms with Crippen LogP contribution in [0.15, 0.2) is 77.8 Å². The molecule has 0 saturated carbocycles. The van der Waals surface area contributed by atoms with Gasteiger partial charge >= 0.3 is 0 Å². The molecule has 0 bridgehead atoms. The molecule has 2 aromatic heterocycles. The zero-order valence-electron chi connectivity index (χ0n) is 24.6. The molecule has 0 aliphatic rings. The topological polar surface area (TPSA) is 132 Å². The van der Waals surface area contributed by atoms with Crippen molar-refractivity contribution in [3.8, 4) is 17.1 Å². The lowest BCUT2D eigenvalue weighted by atomic mass is 9.87. The lowest BCUT2D eigenvalue weighted by Crippen LogP contribution is -2.45. The number of hydrogen-bond donors (Lipinski definition) is 2. The van der Waals surface area contributed by atoms with E-state index in [1.54, 1.807) is 29.3 Å². The van der Waals surface area contributed by atoms with Crippen LogP contribution < -0.4 is 10.5 Å². The van der Waals surface area contributed by atoms with Crippen molar-refractivity contribution in [3.63, 3.8) is 0 Å². The van der Waals surface area contributed by atoms with Crippen molar-refractivity contribution in [2.45, 2.75) is 58.5 Å². The fourth-order valence-electron chi connectivity index (χ4n) is 4.95. The van der Waals surface area contributed by atoms with E-state index in [0.29, 0.717) is 29.3 Å². The minimum Gasteiger partial charge on any atom is -0.475 e. The van der Waals surface area contributed by atoms with Gasteiger partial charge in [-0.2, -0.15) is 4.98 Å². The predicted octanol–water partition coefficient (Wildman–Crippen LogP) is 5.84. The molecule has 2 aromatic carbocycles. The summed E-state index contributed by atoms with van der Waals surface area (Å²) in [6, 6.07) is 19.1. The van der Waals surface area contributed by atoms with E-state index < -0.39 is 17.1 Å². The van der Waals surface area contributed by atoms with Crippen LogP contribution in [0, 0.1) is 19.3 Å². The van der Waals surface area contributed by atoms with Crippen molar-refractivity contribution in [1.82, 2.24) is 19.9 Å². The molecule has 2 atom stereocenters. The highest BCUT2D eigenvalue weighted by molar-refractivity contribution is 7.79. The number of ether oxygens (including phenoxy) is 1. The smallest absolute Gasteiger partial charge is 0.254 e. The van der Waals surface area contributed by atoms with Gasteiger partial charge in [0.25, 0.3) is 5.91 Å². The number of rotatable bonds is 10. The Balaban J connectivity index is 1.70. The maximum atomic E-state index is 14.0. The van der Waals surface area contributed by atoms with E-state index in [9.17, 15) is 13.6 Å². The first kappa shape index (κ1) is 30.8. The molecule has 0 aliphatic carbocycles. The van der Waals surface area contributed by atoms with Crippen molar-refractivity contribution in [1.29, 1.82) is 0 Å². The molecule has 0 aliphatic heterocycles. The molecule has 4 rings (SSSR count). The fourth-order valence-corrected chi connectivity index (χ4v) is 5.37. The molecule has 1 amide bonds. The van der Waals surface area contributed by atoms with Gasteiger partial charge in [-0.1, -0.05) is 51.1 Å². The molecular weight excluding hydrogens is 550 g/mol. The summed E-state index contributed by atoms with van der Waals surface area (Å²) in [7, 11) is 0. The van der Waals surface area contributed by atoms with E-state index in [1.807, 2.05) is 50.2 Å². The van der Waals surface area contributed by atoms with Gasteiger partial charge in [-0.3, -0.25) is 9.78 Å². The fraction of sp³-hybridized carbons (Fsp3) is 0.312. The summed E-state index contributed by atoms with van der Waals surface area (Å²) >= 11 is -2.22. The van der Waals surface area contributed by atoms with Crippen LogP contribution in [0.2, 0.25) is 0 Å². The lowest BCUT2D eigenvalue weighted by Gasteiger charge is -2.35. The summed E-state index contributed by atoms with van der Waals surface area (Å²) < 4.78 is 27.7. The number of benzene rings is 2. The van der Waals surface area contributed by atoms with Gasteiger partial charge in [-0.25, -0.2) is 9.19 Å². The Labute approximate surface area is 249 Å². The van der Waals surface area contributed by atoms with Crippen LogP contribution >= 0.6 is 0 Å². The number of amides is 1. The molecular formula is C32H37N5O4S. The molecule has 2 heterocycles. The first-order valence-corrected chi connectivity index (χ1v) is 14.8. The van der Waals surface area contributed by atoms with Crippen LogP contribution in [-0.4, -0.2) is 47.2 Å². The zero-order chi connectivity index (χ0) is 30.4. The molecule has 220 valence electrons. The van der Waals surface area contributed by atoms with Gasteiger partial charge in [0.2, 0.25) is 11.8 Å². The quantitative estimate of drug-likeness (QED) is 0.221. The number of aryl methyl sites for hydroxylation is 2. The Hall–Kier alpha value is -4.15. The summed E-state index contributed by atoms with van der Waals surface area (Å²) in [5, 5.41) is 0. The molecule has 0 spiro atoms. The van der Waals surface area contributed by atoms with E-state index in [0.717, 1.165) is 16.7 Å². The summed E-state index contributed by atoms with van der Waals surface area (Å²) in [5.41, 5.74) is 10.7. The van der Waals surface area contributed by atoms with Gasteiger partial charge in [0.1, 0.15) is 6.61 Å². The lowest BCUT2D eigenvalue weighted by molar-refractivity contribution is 0.0509. The average molecular weight is 588 g/mol. The molecule has 0 radical (unpaired) electrons. The number of nitrogen functional groups attached to an aromatic ring is 1. The Bertz CT molecular complexity index is 1550. The van der Waals surface area contributed by atoms with E-state index in [-0.39, 0.29) is 35.3 Å². The molecule has 4 aromatic rings. The number of carbonyl (C=O) groups is 1. The highest BCUT2D eigenvalue weighted by Gasteiger charge is 2.30. The highest BCUT2D eigenvalue weighted by Crippen LogP contribution is 2.30. The minimum atomic E-state index is -2.22. The number of aromatic nitrogens is 3. The van der Waals surface area contributed by atoms with Crippen molar-refractivity contribution >= 4 is 22.9 Å². The largest absolute Gasteiger partial charge is 0.475 e. The predicted molar refractivity (Wildman–Crippen MR) is 164 cm³/mol.